The summed E-state index contributed by atoms with van der Waals surface area (Å²) in [6.07, 6.45) is 0.775. The molecule has 8 heteroatoms. The average molecular weight is 301 g/mol. The molecule has 21 heavy (non-hydrogen) atoms. The molecule has 0 radical (unpaired) electrons. The smallest absolute Gasteiger partial charge is 0.321 e. The minimum Gasteiger partial charge on any atom is -0.481 e. The molecule has 1 fully saturated rings. The molecule has 2 unspecified atom stereocenters. The normalized spacial score (nSPS) is 21.3. The van der Waals surface area contributed by atoms with E-state index in [1.54, 1.807) is 11.8 Å². The summed E-state index contributed by atoms with van der Waals surface area (Å²) in [7, 11) is 0. The third kappa shape index (κ3) is 5.31. The van der Waals surface area contributed by atoms with Crippen LogP contribution in [0.1, 0.15) is 20.3 Å². The Hall–Kier alpha value is -1.67. The van der Waals surface area contributed by atoms with Gasteiger partial charge in [-0.1, -0.05) is 6.92 Å². The first-order valence-electron chi connectivity index (χ1n) is 7.11. The van der Waals surface area contributed by atoms with Crippen LogP contribution in [-0.2, 0) is 14.3 Å². The molecule has 0 aromatic carbocycles. The van der Waals surface area contributed by atoms with Gasteiger partial charge in [0, 0.05) is 12.6 Å². The molecular weight excluding hydrogens is 278 g/mol. The Bertz CT molecular complexity index is 388. The molecular formula is C13H23N3O5. The van der Waals surface area contributed by atoms with E-state index >= 15 is 0 Å². The first-order valence-corrected chi connectivity index (χ1v) is 7.11. The first kappa shape index (κ1) is 17.4. The highest BCUT2D eigenvalue weighted by Gasteiger charge is 2.38. The van der Waals surface area contributed by atoms with E-state index in [2.05, 4.69) is 10.6 Å². The van der Waals surface area contributed by atoms with Gasteiger partial charge >= 0.3 is 12.0 Å². The number of hydrogen-bond donors (Lipinski definition) is 3. The van der Waals surface area contributed by atoms with Gasteiger partial charge in [0.2, 0.25) is 5.91 Å². The number of urea groups is 1. The highest BCUT2D eigenvalue weighted by atomic mass is 16.5. The van der Waals surface area contributed by atoms with Crippen LogP contribution < -0.4 is 10.6 Å². The van der Waals surface area contributed by atoms with Crippen LogP contribution in [0.5, 0.6) is 0 Å². The van der Waals surface area contributed by atoms with Gasteiger partial charge in [-0.3, -0.25) is 19.8 Å². The number of carboxylic acids is 1. The Balaban J connectivity index is 2.62. The van der Waals surface area contributed by atoms with Gasteiger partial charge in [-0.25, -0.2) is 4.79 Å². The summed E-state index contributed by atoms with van der Waals surface area (Å²) in [6.45, 7) is 5.10. The molecule has 0 aliphatic carbocycles. The van der Waals surface area contributed by atoms with Crippen LogP contribution in [0.2, 0.25) is 0 Å². The van der Waals surface area contributed by atoms with Crippen molar-refractivity contribution in [3.63, 3.8) is 0 Å². The maximum atomic E-state index is 11.8. The molecule has 2 atom stereocenters. The van der Waals surface area contributed by atoms with Crippen molar-refractivity contribution in [3.05, 3.63) is 0 Å². The summed E-state index contributed by atoms with van der Waals surface area (Å²) in [6, 6.07) is -0.890. The Morgan fingerprint density at radius 2 is 2.00 bits per heavy atom. The zero-order valence-corrected chi connectivity index (χ0v) is 12.4. The van der Waals surface area contributed by atoms with Gasteiger partial charge in [-0.15, -0.1) is 0 Å². The fourth-order valence-corrected chi connectivity index (χ4v) is 2.34. The van der Waals surface area contributed by atoms with Gasteiger partial charge in [0.05, 0.1) is 25.7 Å². The van der Waals surface area contributed by atoms with Gasteiger partial charge in [-0.05, 0) is 19.9 Å². The first-order chi connectivity index (χ1) is 9.99. The maximum Gasteiger partial charge on any atom is 0.321 e. The number of carboxylic acid groups (broad SMARTS) is 1. The predicted molar refractivity (Wildman–Crippen MR) is 74.8 cm³/mol. The Morgan fingerprint density at radius 1 is 1.29 bits per heavy atom. The minimum atomic E-state index is -0.928. The molecule has 1 saturated heterocycles. The number of carbonyl (C=O) groups is 3. The zero-order chi connectivity index (χ0) is 15.8. The number of hydrogen-bond acceptors (Lipinski definition) is 5. The summed E-state index contributed by atoms with van der Waals surface area (Å²) in [5.74, 6) is -2.03. The molecule has 0 saturated carbocycles. The van der Waals surface area contributed by atoms with E-state index in [0.29, 0.717) is 13.1 Å². The summed E-state index contributed by atoms with van der Waals surface area (Å²) in [4.78, 5) is 36.1. The van der Waals surface area contributed by atoms with Gasteiger partial charge in [0.15, 0.2) is 0 Å². The maximum absolute atomic E-state index is 11.8. The second kappa shape index (κ2) is 8.58. The lowest BCUT2D eigenvalue weighted by Gasteiger charge is -2.29. The molecule has 1 aliphatic rings. The van der Waals surface area contributed by atoms with Crippen LogP contribution >= 0.6 is 0 Å². The monoisotopic (exact) mass is 301 g/mol. The van der Waals surface area contributed by atoms with Crippen LogP contribution in [0, 0.1) is 5.92 Å². The fraction of sp³-hybridized carbons (Fsp3) is 0.769. The van der Waals surface area contributed by atoms with Crippen molar-refractivity contribution < 1.29 is 24.2 Å². The fourth-order valence-electron chi connectivity index (χ4n) is 2.34. The summed E-state index contributed by atoms with van der Waals surface area (Å²) < 4.78 is 5.23. The highest BCUT2D eigenvalue weighted by Crippen LogP contribution is 2.20. The van der Waals surface area contributed by atoms with E-state index in [-0.39, 0.29) is 25.8 Å². The van der Waals surface area contributed by atoms with Gasteiger partial charge in [-0.2, -0.15) is 0 Å². The Labute approximate surface area is 123 Å². The third-order valence-electron chi connectivity index (χ3n) is 3.28. The number of aliphatic carboxylic acids is 1. The van der Waals surface area contributed by atoms with E-state index in [1.165, 1.54) is 0 Å². The lowest BCUT2D eigenvalue weighted by molar-refractivity contribution is -0.143. The lowest BCUT2D eigenvalue weighted by atomic mass is 10.0. The van der Waals surface area contributed by atoms with Crippen LogP contribution in [0.25, 0.3) is 0 Å². The van der Waals surface area contributed by atoms with E-state index in [9.17, 15) is 19.5 Å². The topological polar surface area (TPSA) is 108 Å². The van der Waals surface area contributed by atoms with E-state index in [1.807, 2.05) is 6.92 Å². The number of nitrogens with one attached hydrogen (secondary N) is 2. The molecule has 3 amide bonds. The van der Waals surface area contributed by atoms with Crippen LogP contribution in [-0.4, -0.2) is 66.8 Å². The van der Waals surface area contributed by atoms with Crippen LogP contribution in [0.3, 0.4) is 0 Å². The number of ether oxygens (including phenoxy) is 1. The summed E-state index contributed by atoms with van der Waals surface area (Å²) in [5.41, 5.74) is 0. The average Bonchev–Trinajstić information content (AvgIpc) is 2.87. The van der Waals surface area contributed by atoms with Crippen LogP contribution in [0.4, 0.5) is 4.79 Å². The number of imide groups is 1. The SMILES string of the molecule is CCCN(CC(=O)NC(=O)NCC)C1COCC1C(=O)O. The second-order valence-electron chi connectivity index (χ2n) is 4.93. The van der Waals surface area contributed by atoms with E-state index in [4.69, 9.17) is 4.74 Å². The minimum absolute atomic E-state index is 0.0250. The van der Waals surface area contributed by atoms with Crippen molar-refractivity contribution in [1.29, 1.82) is 0 Å². The lowest BCUT2D eigenvalue weighted by Crippen LogP contribution is -2.50. The standard InChI is InChI=1S/C13H23N3O5/c1-3-5-16(6-11(17)15-13(20)14-4-2)10-8-21-7-9(10)12(18)19/h9-10H,3-8H2,1-2H3,(H,18,19)(H2,14,15,17,20). The Kier molecular flexibility index (Phi) is 7.10. The molecule has 0 bridgehead atoms. The molecule has 3 N–H and O–H groups in total. The van der Waals surface area contributed by atoms with Crippen molar-refractivity contribution in [3.8, 4) is 0 Å². The highest BCUT2D eigenvalue weighted by molar-refractivity contribution is 5.95. The largest absolute Gasteiger partial charge is 0.481 e. The second-order valence-corrected chi connectivity index (χ2v) is 4.93. The summed E-state index contributed by atoms with van der Waals surface area (Å²) in [5, 5.41) is 13.9. The number of carbonyl (C=O) groups excluding carboxylic acids is 2. The van der Waals surface area contributed by atoms with E-state index in [0.717, 1.165) is 6.42 Å². The molecule has 120 valence electrons. The number of rotatable bonds is 7. The molecule has 1 aliphatic heterocycles. The number of nitrogens with zero attached hydrogens (tertiary/aromatic N) is 1. The van der Waals surface area contributed by atoms with Gasteiger partial charge in [0.25, 0.3) is 0 Å². The molecule has 0 aromatic heterocycles. The molecule has 1 heterocycles. The van der Waals surface area contributed by atoms with Crippen LogP contribution in [0.15, 0.2) is 0 Å². The molecule has 8 nitrogen and oxygen atoms in total. The van der Waals surface area contributed by atoms with E-state index < -0.39 is 23.8 Å². The quantitative estimate of drug-likeness (QED) is 0.593. The molecule has 1 rings (SSSR count). The van der Waals surface area contributed by atoms with Gasteiger partial charge in [0.1, 0.15) is 0 Å². The third-order valence-corrected chi connectivity index (χ3v) is 3.28. The Morgan fingerprint density at radius 3 is 2.57 bits per heavy atom. The van der Waals surface area contributed by atoms with Crippen molar-refractivity contribution in [2.45, 2.75) is 26.3 Å². The number of amides is 3. The van der Waals surface area contributed by atoms with Crippen molar-refractivity contribution in [1.82, 2.24) is 15.5 Å². The molecule has 0 spiro atoms. The van der Waals surface area contributed by atoms with Crippen molar-refractivity contribution >= 4 is 17.9 Å². The zero-order valence-electron chi connectivity index (χ0n) is 12.4. The van der Waals surface area contributed by atoms with Crippen molar-refractivity contribution in [2.24, 2.45) is 5.92 Å². The summed E-state index contributed by atoms with van der Waals surface area (Å²) >= 11 is 0. The molecule has 0 aromatic rings. The van der Waals surface area contributed by atoms with Gasteiger partial charge < -0.3 is 15.2 Å². The van der Waals surface area contributed by atoms with Crippen molar-refractivity contribution in [2.75, 3.05) is 32.8 Å². The predicted octanol–water partition coefficient (Wildman–Crippen LogP) is -0.356.